The highest BCUT2D eigenvalue weighted by Crippen LogP contribution is 2.23. The monoisotopic (exact) mass is 551 g/mol. The number of halogens is 2. The molecule has 0 saturated heterocycles. The number of aromatic nitrogens is 2. The van der Waals surface area contributed by atoms with Crippen LogP contribution in [-0.4, -0.2) is 29.7 Å². The van der Waals surface area contributed by atoms with Gasteiger partial charge in [0.15, 0.2) is 5.96 Å². The molecule has 1 atom stereocenters. The third-order valence-electron chi connectivity index (χ3n) is 4.63. The molecule has 4 rings (SSSR count). The fourth-order valence-corrected chi connectivity index (χ4v) is 3.27. The fourth-order valence-electron chi connectivity index (χ4n) is 3.08. The number of hydrogen-bond acceptors (Lipinski definition) is 5. The highest BCUT2D eigenvalue weighted by atomic mass is 127. The molecule has 0 amide bonds. The first kappa shape index (κ1) is 23.1. The minimum Gasteiger partial charge on any atom is -0.459 e. The van der Waals surface area contributed by atoms with Crippen LogP contribution in [0.15, 0.2) is 68.5 Å². The summed E-state index contributed by atoms with van der Waals surface area (Å²) < 4.78 is 11.3. The van der Waals surface area contributed by atoms with E-state index in [1.807, 2.05) is 49.4 Å². The molecular weight excluding hydrogens is 529 g/mol. The highest BCUT2D eigenvalue weighted by molar-refractivity contribution is 14.0. The predicted octanol–water partition coefficient (Wildman–Crippen LogP) is 5.22. The van der Waals surface area contributed by atoms with Crippen molar-refractivity contribution < 1.29 is 8.94 Å². The average molecular weight is 552 g/mol. The van der Waals surface area contributed by atoms with Gasteiger partial charge >= 0.3 is 0 Å². The first-order chi connectivity index (χ1) is 14.6. The molecule has 0 radical (unpaired) electrons. The van der Waals surface area contributed by atoms with Crippen molar-refractivity contribution in [2.45, 2.75) is 19.4 Å². The number of furan rings is 1. The van der Waals surface area contributed by atoms with E-state index in [2.05, 4.69) is 25.8 Å². The van der Waals surface area contributed by atoms with Crippen molar-refractivity contribution in [3.8, 4) is 11.4 Å². The van der Waals surface area contributed by atoms with Crippen LogP contribution in [0.5, 0.6) is 0 Å². The van der Waals surface area contributed by atoms with Crippen molar-refractivity contribution in [3.63, 3.8) is 0 Å². The van der Waals surface area contributed by atoms with Crippen LogP contribution >= 0.6 is 35.6 Å². The van der Waals surface area contributed by atoms with Crippen molar-refractivity contribution in [1.29, 1.82) is 0 Å². The van der Waals surface area contributed by atoms with Gasteiger partial charge in [0, 0.05) is 36.0 Å². The Morgan fingerprint density at radius 2 is 2.00 bits per heavy atom. The van der Waals surface area contributed by atoms with Crippen LogP contribution in [0.25, 0.3) is 22.4 Å². The summed E-state index contributed by atoms with van der Waals surface area (Å²) in [5.41, 5.74) is 1.69. The van der Waals surface area contributed by atoms with Gasteiger partial charge in [0.05, 0.1) is 6.04 Å². The summed E-state index contributed by atoms with van der Waals surface area (Å²) in [6.07, 6.45) is 0.563. The number of nitrogens with one attached hydrogen (secondary N) is 2. The number of fused-ring (bicyclic) bond motifs is 1. The molecule has 2 aromatic heterocycles. The van der Waals surface area contributed by atoms with E-state index in [1.54, 1.807) is 19.2 Å². The second kappa shape index (κ2) is 10.6. The molecule has 0 aliphatic heterocycles. The van der Waals surface area contributed by atoms with E-state index < -0.39 is 0 Å². The maximum Gasteiger partial charge on any atom is 0.228 e. The van der Waals surface area contributed by atoms with E-state index in [9.17, 15) is 0 Å². The van der Waals surface area contributed by atoms with E-state index in [0.29, 0.717) is 35.7 Å². The fraction of sp³-hybridized carbons (Fsp3) is 0.227. The standard InChI is InChI=1S/C22H22ClN5O2.HI/c1-14(19-13-15-6-3-4-9-18(15)29-19)26-22(24-2)25-11-10-20-27-21(28-30-20)16-7-5-8-17(23)12-16;/h3-9,12-14H,10-11H2,1-2H3,(H2,24,25,26);1H. The molecule has 2 N–H and O–H groups in total. The molecule has 0 spiro atoms. The first-order valence-corrected chi connectivity index (χ1v) is 10.0. The summed E-state index contributed by atoms with van der Waals surface area (Å²) in [6.45, 7) is 2.61. The molecule has 0 saturated carbocycles. The zero-order valence-corrected chi connectivity index (χ0v) is 20.2. The van der Waals surface area contributed by atoms with Crippen molar-refractivity contribution in [3.05, 3.63) is 71.3 Å². The van der Waals surface area contributed by atoms with E-state index in [4.69, 9.17) is 20.5 Å². The molecule has 1 unspecified atom stereocenters. The SMILES string of the molecule is CN=C(NCCc1nc(-c2cccc(Cl)c2)no1)NC(C)c1cc2ccccc2o1.I. The lowest BCUT2D eigenvalue weighted by Crippen LogP contribution is -2.39. The molecule has 0 aliphatic rings. The number of hydrogen-bond donors (Lipinski definition) is 2. The van der Waals surface area contributed by atoms with E-state index in [1.165, 1.54) is 0 Å². The largest absolute Gasteiger partial charge is 0.459 e. The molecule has 31 heavy (non-hydrogen) atoms. The topological polar surface area (TPSA) is 88.5 Å². The molecule has 162 valence electrons. The molecule has 0 aliphatic carbocycles. The number of para-hydroxylation sites is 1. The van der Waals surface area contributed by atoms with E-state index in [0.717, 1.165) is 22.3 Å². The van der Waals surface area contributed by atoms with Crippen LogP contribution in [0.4, 0.5) is 0 Å². The van der Waals surface area contributed by atoms with Crippen LogP contribution in [0, 0.1) is 0 Å². The zero-order valence-electron chi connectivity index (χ0n) is 17.1. The molecular formula is C22H23ClIN5O2. The molecule has 0 bridgehead atoms. The van der Waals surface area contributed by atoms with Gasteiger partial charge in [-0.05, 0) is 31.2 Å². The first-order valence-electron chi connectivity index (χ1n) is 9.66. The van der Waals surface area contributed by atoms with Crippen LogP contribution in [0.1, 0.15) is 24.6 Å². The van der Waals surface area contributed by atoms with Crippen molar-refractivity contribution in [1.82, 2.24) is 20.8 Å². The zero-order chi connectivity index (χ0) is 20.9. The van der Waals surface area contributed by atoms with E-state index >= 15 is 0 Å². The summed E-state index contributed by atoms with van der Waals surface area (Å²) in [5.74, 6) is 2.58. The number of rotatable bonds is 6. The van der Waals surface area contributed by atoms with Gasteiger partial charge in [-0.3, -0.25) is 4.99 Å². The normalized spacial score (nSPS) is 12.4. The minimum absolute atomic E-state index is 0. The van der Waals surface area contributed by atoms with Gasteiger partial charge in [-0.15, -0.1) is 24.0 Å². The highest BCUT2D eigenvalue weighted by Gasteiger charge is 2.14. The molecule has 4 aromatic rings. The number of nitrogens with zero attached hydrogens (tertiary/aromatic N) is 3. The van der Waals surface area contributed by atoms with Crippen LogP contribution in [0.3, 0.4) is 0 Å². The Morgan fingerprint density at radius 1 is 1.16 bits per heavy atom. The predicted molar refractivity (Wildman–Crippen MR) is 133 cm³/mol. The Morgan fingerprint density at radius 3 is 2.77 bits per heavy atom. The lowest BCUT2D eigenvalue weighted by atomic mass is 10.2. The van der Waals surface area contributed by atoms with Gasteiger partial charge in [-0.2, -0.15) is 4.98 Å². The smallest absolute Gasteiger partial charge is 0.228 e. The second-order valence-corrected chi connectivity index (χ2v) is 7.26. The van der Waals surface area contributed by atoms with Crippen molar-refractivity contribution in [2.75, 3.05) is 13.6 Å². The Kier molecular flexibility index (Phi) is 7.91. The van der Waals surface area contributed by atoms with Crippen molar-refractivity contribution in [2.24, 2.45) is 4.99 Å². The van der Waals surface area contributed by atoms with Gasteiger partial charge < -0.3 is 19.6 Å². The van der Waals surface area contributed by atoms with Crippen molar-refractivity contribution >= 4 is 52.5 Å². The van der Waals surface area contributed by atoms with Gasteiger partial charge in [-0.25, -0.2) is 0 Å². The summed E-state index contributed by atoms with van der Waals surface area (Å²) in [4.78, 5) is 8.70. The van der Waals surface area contributed by atoms with E-state index in [-0.39, 0.29) is 30.0 Å². The van der Waals surface area contributed by atoms with Crippen LogP contribution in [-0.2, 0) is 6.42 Å². The molecule has 7 nitrogen and oxygen atoms in total. The second-order valence-electron chi connectivity index (χ2n) is 6.82. The quantitative estimate of drug-likeness (QED) is 0.194. The lowest BCUT2D eigenvalue weighted by Gasteiger charge is -2.15. The molecule has 0 fully saturated rings. The third kappa shape index (κ3) is 5.76. The van der Waals surface area contributed by atoms with Gasteiger partial charge in [0.2, 0.25) is 11.7 Å². The van der Waals surface area contributed by atoms with Gasteiger partial charge in [0.1, 0.15) is 11.3 Å². The summed E-state index contributed by atoms with van der Waals surface area (Å²) in [7, 11) is 1.73. The molecule has 2 heterocycles. The number of benzene rings is 2. The summed E-state index contributed by atoms with van der Waals surface area (Å²) in [5, 5.41) is 12.3. The Bertz CT molecular complexity index is 1140. The van der Waals surface area contributed by atoms with Gasteiger partial charge in [-0.1, -0.05) is 47.1 Å². The summed E-state index contributed by atoms with van der Waals surface area (Å²) >= 11 is 6.02. The Hall–Kier alpha value is -2.59. The van der Waals surface area contributed by atoms with Crippen LogP contribution in [0.2, 0.25) is 5.02 Å². The Balaban J connectivity index is 0.00000272. The van der Waals surface area contributed by atoms with Gasteiger partial charge in [0.25, 0.3) is 0 Å². The minimum atomic E-state index is -0.0403. The maximum atomic E-state index is 6.02. The molecule has 2 aromatic carbocycles. The lowest BCUT2D eigenvalue weighted by molar-refractivity contribution is 0.378. The third-order valence-corrected chi connectivity index (χ3v) is 4.87. The number of aliphatic imine (C=N–C) groups is 1. The number of guanidine groups is 1. The Labute approximate surface area is 202 Å². The summed E-state index contributed by atoms with van der Waals surface area (Å²) in [6, 6.07) is 17.3. The maximum absolute atomic E-state index is 6.02. The average Bonchev–Trinajstić information content (AvgIpc) is 3.40. The van der Waals surface area contributed by atoms with Crippen LogP contribution < -0.4 is 10.6 Å². The molecule has 9 heteroatoms.